The molecule has 90 valence electrons. The largest absolute Gasteiger partial charge is 0.380 e. The van der Waals surface area contributed by atoms with Gasteiger partial charge in [0.1, 0.15) is 0 Å². The zero-order chi connectivity index (χ0) is 12.0. The molecule has 1 aromatic rings. The number of rotatable bonds is 6. The molecular weight excluding hydrogens is 200 g/mol. The van der Waals surface area contributed by atoms with Crippen LogP contribution < -0.4 is 11.3 Å². The molecule has 0 radical (unpaired) electrons. The first-order chi connectivity index (χ1) is 7.69. The first-order valence-electron chi connectivity index (χ1n) is 5.72. The van der Waals surface area contributed by atoms with Crippen LogP contribution in [0.4, 0.5) is 0 Å². The fraction of sp³-hybridized carbons (Fsp3) is 0.538. The van der Waals surface area contributed by atoms with Crippen molar-refractivity contribution in [3.05, 3.63) is 35.9 Å². The van der Waals surface area contributed by atoms with Gasteiger partial charge in [0, 0.05) is 7.11 Å². The van der Waals surface area contributed by atoms with Gasteiger partial charge in [-0.3, -0.25) is 11.3 Å². The number of benzene rings is 1. The van der Waals surface area contributed by atoms with Gasteiger partial charge < -0.3 is 4.74 Å². The van der Waals surface area contributed by atoms with Gasteiger partial charge in [0.25, 0.3) is 0 Å². The highest BCUT2D eigenvalue weighted by Gasteiger charge is 2.23. The molecule has 0 fully saturated rings. The highest BCUT2D eigenvalue weighted by molar-refractivity contribution is 5.16. The van der Waals surface area contributed by atoms with E-state index in [2.05, 4.69) is 31.4 Å². The lowest BCUT2D eigenvalue weighted by molar-refractivity contribution is 0.0332. The third-order valence-corrected chi connectivity index (χ3v) is 2.84. The maximum atomic E-state index is 5.60. The van der Waals surface area contributed by atoms with Crippen molar-refractivity contribution < 1.29 is 4.74 Å². The maximum absolute atomic E-state index is 5.60. The topological polar surface area (TPSA) is 47.3 Å². The van der Waals surface area contributed by atoms with E-state index in [1.165, 1.54) is 5.56 Å². The molecule has 3 N–H and O–H groups in total. The molecule has 0 aliphatic heterocycles. The molecule has 0 aromatic heterocycles. The van der Waals surface area contributed by atoms with Crippen LogP contribution >= 0.6 is 0 Å². The first kappa shape index (κ1) is 13.2. The third-order valence-electron chi connectivity index (χ3n) is 2.84. The van der Waals surface area contributed by atoms with Crippen molar-refractivity contribution in [2.75, 3.05) is 7.11 Å². The van der Waals surface area contributed by atoms with Gasteiger partial charge in [-0.05, 0) is 17.9 Å². The van der Waals surface area contributed by atoms with Gasteiger partial charge in [-0.15, -0.1) is 0 Å². The minimum absolute atomic E-state index is 0.130. The van der Waals surface area contributed by atoms with Crippen LogP contribution in [0.15, 0.2) is 30.3 Å². The standard InChI is InChI=1S/C13H22N2O/c1-10(2)13(16-3)12(15-14)9-11-7-5-4-6-8-11/h4-8,10,12-13,15H,9,14H2,1-3H3. The molecule has 16 heavy (non-hydrogen) atoms. The van der Waals surface area contributed by atoms with Gasteiger partial charge in [-0.2, -0.15) is 0 Å². The minimum Gasteiger partial charge on any atom is -0.380 e. The van der Waals surface area contributed by atoms with E-state index in [0.717, 1.165) is 6.42 Å². The zero-order valence-electron chi connectivity index (χ0n) is 10.3. The van der Waals surface area contributed by atoms with Crippen molar-refractivity contribution in [1.29, 1.82) is 0 Å². The van der Waals surface area contributed by atoms with Crippen LogP contribution in [0.3, 0.4) is 0 Å². The quantitative estimate of drug-likeness (QED) is 0.569. The SMILES string of the molecule is COC(C(C)C)C(Cc1ccccc1)NN. The van der Waals surface area contributed by atoms with E-state index < -0.39 is 0 Å². The number of nitrogens with two attached hydrogens (primary N) is 1. The van der Waals surface area contributed by atoms with E-state index in [9.17, 15) is 0 Å². The van der Waals surface area contributed by atoms with Crippen LogP contribution in [0.2, 0.25) is 0 Å². The van der Waals surface area contributed by atoms with Crippen molar-refractivity contribution in [3.63, 3.8) is 0 Å². The second kappa shape index (κ2) is 6.63. The molecule has 0 saturated heterocycles. The number of nitrogens with one attached hydrogen (secondary N) is 1. The van der Waals surface area contributed by atoms with Crippen LogP contribution in [0.25, 0.3) is 0 Å². The van der Waals surface area contributed by atoms with Gasteiger partial charge in [-0.25, -0.2) is 0 Å². The molecule has 0 heterocycles. The molecule has 2 atom stereocenters. The van der Waals surface area contributed by atoms with Gasteiger partial charge in [0.2, 0.25) is 0 Å². The molecule has 2 unspecified atom stereocenters. The molecule has 0 aliphatic carbocycles. The fourth-order valence-corrected chi connectivity index (χ4v) is 2.04. The molecule has 0 spiro atoms. The van der Waals surface area contributed by atoms with E-state index in [1.807, 2.05) is 18.2 Å². The molecule has 3 heteroatoms. The molecule has 0 bridgehead atoms. The zero-order valence-corrected chi connectivity index (χ0v) is 10.3. The summed E-state index contributed by atoms with van der Waals surface area (Å²) in [5.41, 5.74) is 4.13. The maximum Gasteiger partial charge on any atom is 0.0763 e. The predicted octanol–water partition coefficient (Wildman–Crippen LogP) is 1.73. The van der Waals surface area contributed by atoms with Gasteiger partial charge in [-0.1, -0.05) is 44.2 Å². The van der Waals surface area contributed by atoms with Crippen LogP contribution in [0, 0.1) is 5.92 Å². The third kappa shape index (κ3) is 3.59. The Morgan fingerprint density at radius 1 is 1.25 bits per heavy atom. The molecule has 0 saturated carbocycles. The van der Waals surface area contributed by atoms with Crippen LogP contribution in [-0.4, -0.2) is 19.3 Å². The Morgan fingerprint density at radius 2 is 1.88 bits per heavy atom. The Morgan fingerprint density at radius 3 is 2.31 bits per heavy atom. The highest BCUT2D eigenvalue weighted by atomic mass is 16.5. The highest BCUT2D eigenvalue weighted by Crippen LogP contribution is 2.14. The number of hydrogen-bond donors (Lipinski definition) is 2. The number of ether oxygens (including phenoxy) is 1. The fourth-order valence-electron chi connectivity index (χ4n) is 2.04. The number of hydrazine groups is 1. The lowest BCUT2D eigenvalue weighted by Crippen LogP contribution is -2.48. The van der Waals surface area contributed by atoms with E-state index in [4.69, 9.17) is 10.6 Å². The van der Waals surface area contributed by atoms with Crippen LogP contribution in [0.1, 0.15) is 19.4 Å². The Hall–Kier alpha value is -0.900. The lowest BCUT2D eigenvalue weighted by atomic mass is 9.94. The normalized spacial score (nSPS) is 15.1. The average molecular weight is 222 g/mol. The van der Waals surface area contributed by atoms with Crippen molar-refractivity contribution >= 4 is 0 Å². The van der Waals surface area contributed by atoms with E-state index in [-0.39, 0.29) is 12.1 Å². The molecular formula is C13H22N2O. The van der Waals surface area contributed by atoms with Crippen LogP contribution in [-0.2, 0) is 11.2 Å². The Labute approximate surface area is 98.0 Å². The number of methoxy groups -OCH3 is 1. The number of hydrogen-bond acceptors (Lipinski definition) is 3. The summed E-state index contributed by atoms with van der Waals surface area (Å²) in [6.45, 7) is 4.28. The molecule has 1 aromatic carbocycles. The molecule has 1 rings (SSSR count). The monoisotopic (exact) mass is 222 g/mol. The average Bonchev–Trinajstić information content (AvgIpc) is 2.29. The Balaban J connectivity index is 2.68. The Kier molecular flexibility index (Phi) is 5.46. The summed E-state index contributed by atoms with van der Waals surface area (Å²) >= 11 is 0. The summed E-state index contributed by atoms with van der Waals surface area (Å²) in [5, 5.41) is 0. The van der Waals surface area contributed by atoms with E-state index >= 15 is 0 Å². The minimum atomic E-state index is 0.130. The van der Waals surface area contributed by atoms with Crippen molar-refractivity contribution in [1.82, 2.24) is 5.43 Å². The van der Waals surface area contributed by atoms with Crippen molar-refractivity contribution in [3.8, 4) is 0 Å². The van der Waals surface area contributed by atoms with Gasteiger partial charge in [0.05, 0.1) is 12.1 Å². The van der Waals surface area contributed by atoms with Gasteiger partial charge in [0.15, 0.2) is 0 Å². The summed E-state index contributed by atoms with van der Waals surface area (Å²) in [6.07, 6.45) is 1.01. The Bertz CT molecular complexity index is 287. The first-order valence-corrected chi connectivity index (χ1v) is 5.72. The summed E-state index contributed by atoms with van der Waals surface area (Å²) in [6, 6.07) is 10.5. The predicted molar refractivity (Wildman–Crippen MR) is 66.9 cm³/mol. The summed E-state index contributed by atoms with van der Waals surface area (Å²) in [7, 11) is 1.74. The molecule has 0 amide bonds. The van der Waals surface area contributed by atoms with Crippen molar-refractivity contribution in [2.45, 2.75) is 32.4 Å². The smallest absolute Gasteiger partial charge is 0.0763 e. The second-order valence-electron chi connectivity index (χ2n) is 4.41. The van der Waals surface area contributed by atoms with Crippen molar-refractivity contribution in [2.24, 2.45) is 11.8 Å². The van der Waals surface area contributed by atoms with E-state index in [0.29, 0.717) is 5.92 Å². The summed E-state index contributed by atoms with van der Waals surface area (Å²) in [5.74, 6) is 6.04. The lowest BCUT2D eigenvalue weighted by Gasteiger charge is -2.28. The summed E-state index contributed by atoms with van der Waals surface area (Å²) < 4.78 is 5.49. The molecule has 3 nitrogen and oxygen atoms in total. The second-order valence-corrected chi connectivity index (χ2v) is 4.41. The van der Waals surface area contributed by atoms with E-state index in [1.54, 1.807) is 7.11 Å². The summed E-state index contributed by atoms with van der Waals surface area (Å²) in [4.78, 5) is 0. The van der Waals surface area contributed by atoms with Crippen LogP contribution in [0.5, 0.6) is 0 Å². The van der Waals surface area contributed by atoms with Gasteiger partial charge >= 0.3 is 0 Å². The molecule has 0 aliphatic rings.